The van der Waals surface area contributed by atoms with E-state index in [4.69, 9.17) is 9.51 Å². The second kappa shape index (κ2) is 8.75. The zero-order valence-corrected chi connectivity index (χ0v) is 19.1. The average molecular weight is 444 g/mol. The molecule has 0 radical (unpaired) electrons. The lowest BCUT2D eigenvalue weighted by Gasteiger charge is -2.09. The summed E-state index contributed by atoms with van der Waals surface area (Å²) < 4.78 is 7.44. The Labute approximate surface area is 194 Å². The topological polar surface area (TPSA) is 85.8 Å². The molecule has 0 bridgehead atoms. The molecule has 7 heteroatoms. The van der Waals surface area contributed by atoms with Crippen LogP contribution in [0.25, 0.3) is 34.0 Å². The average Bonchev–Trinajstić information content (AvgIpc) is 3.30. The highest BCUT2D eigenvalue weighted by atomic mass is 16.5. The summed E-state index contributed by atoms with van der Waals surface area (Å²) in [4.78, 5) is 21.7. The van der Waals surface area contributed by atoms with Gasteiger partial charge in [0.2, 0.25) is 0 Å². The molecule has 5 rings (SSSR count). The summed E-state index contributed by atoms with van der Waals surface area (Å²) >= 11 is 0. The number of rotatable bonds is 7. The molecule has 2 atom stereocenters. The van der Waals surface area contributed by atoms with E-state index in [0.29, 0.717) is 29.0 Å². The summed E-state index contributed by atoms with van der Waals surface area (Å²) in [5, 5.41) is 7.40. The minimum atomic E-state index is 0. The van der Waals surface area contributed by atoms with Gasteiger partial charge in [0.25, 0.3) is 5.56 Å². The molecular formula is C26H29N5O2. The van der Waals surface area contributed by atoms with E-state index in [2.05, 4.69) is 34.5 Å². The smallest absolute Gasteiger partial charge is 0.250 e. The number of hydrogen-bond donors (Lipinski definition) is 1. The number of hydrogen-bond acceptors (Lipinski definition) is 6. The largest absolute Gasteiger partial charge is 0.354 e. The van der Waals surface area contributed by atoms with Crippen molar-refractivity contribution in [2.24, 2.45) is 11.8 Å². The predicted octanol–water partition coefficient (Wildman–Crippen LogP) is 4.56. The van der Waals surface area contributed by atoms with Gasteiger partial charge in [-0.25, -0.2) is 4.98 Å². The molecule has 4 aromatic rings. The Bertz CT molecular complexity index is 1350. The first-order valence-corrected chi connectivity index (χ1v) is 11.3. The van der Waals surface area contributed by atoms with Crippen LogP contribution in [-0.2, 0) is 13.1 Å². The van der Waals surface area contributed by atoms with Crippen LogP contribution in [0.4, 0.5) is 0 Å². The monoisotopic (exact) mass is 443 g/mol. The van der Waals surface area contributed by atoms with E-state index in [1.807, 2.05) is 38.4 Å². The van der Waals surface area contributed by atoms with E-state index in [-0.39, 0.29) is 6.99 Å². The lowest BCUT2D eigenvalue weighted by molar-refractivity contribution is 0.433. The second-order valence-corrected chi connectivity index (χ2v) is 8.87. The molecule has 2 unspecified atom stereocenters. The summed E-state index contributed by atoms with van der Waals surface area (Å²) in [7, 11) is 1.93. The third kappa shape index (κ3) is 4.50. The van der Waals surface area contributed by atoms with Gasteiger partial charge in [0.1, 0.15) is 11.4 Å². The van der Waals surface area contributed by atoms with E-state index in [0.717, 1.165) is 35.6 Å². The fraction of sp³-hybridized carbons (Fsp3) is 0.308. The maximum atomic E-state index is 12.3. The van der Waals surface area contributed by atoms with Crippen LogP contribution >= 0.6 is 0 Å². The summed E-state index contributed by atoms with van der Waals surface area (Å²) in [6.45, 7) is 5.69. The predicted molar refractivity (Wildman–Crippen MR) is 130 cm³/mol. The SMILES string of the molecule is CNCc1ccc(-c2cc(-c3nc(-c4ccc(=O)n(CC5CC5C)c4)cnc3C)on2)cc1.[HH]. The Hall–Kier alpha value is -3.58. The number of nitrogens with zero attached hydrogens (tertiary/aromatic N) is 4. The Morgan fingerprint density at radius 1 is 1.15 bits per heavy atom. The lowest BCUT2D eigenvalue weighted by atomic mass is 10.1. The fourth-order valence-corrected chi connectivity index (χ4v) is 4.07. The summed E-state index contributed by atoms with van der Waals surface area (Å²) in [6.07, 6.45) is 4.80. The molecule has 1 aromatic carbocycles. The van der Waals surface area contributed by atoms with Crippen LogP contribution in [-0.4, -0.2) is 26.7 Å². The van der Waals surface area contributed by atoms with E-state index >= 15 is 0 Å². The van der Waals surface area contributed by atoms with Gasteiger partial charge >= 0.3 is 0 Å². The molecule has 170 valence electrons. The Balaban J connectivity index is 0.00000274. The van der Waals surface area contributed by atoms with Crippen molar-refractivity contribution < 1.29 is 5.95 Å². The van der Waals surface area contributed by atoms with Crippen molar-refractivity contribution in [1.82, 2.24) is 25.0 Å². The van der Waals surface area contributed by atoms with Crippen LogP contribution in [0.2, 0.25) is 0 Å². The van der Waals surface area contributed by atoms with Crippen molar-refractivity contribution in [3.05, 3.63) is 76.5 Å². The van der Waals surface area contributed by atoms with Gasteiger partial charge in [0, 0.05) is 44.0 Å². The molecule has 33 heavy (non-hydrogen) atoms. The fourth-order valence-electron chi connectivity index (χ4n) is 4.07. The molecular weight excluding hydrogens is 414 g/mol. The molecule has 3 aromatic heterocycles. The molecule has 7 nitrogen and oxygen atoms in total. The Morgan fingerprint density at radius 3 is 2.64 bits per heavy atom. The van der Waals surface area contributed by atoms with Crippen molar-refractivity contribution in [2.75, 3.05) is 7.05 Å². The van der Waals surface area contributed by atoms with Gasteiger partial charge in [0.05, 0.1) is 17.6 Å². The minimum Gasteiger partial charge on any atom is -0.354 e. The maximum absolute atomic E-state index is 12.3. The van der Waals surface area contributed by atoms with Crippen LogP contribution in [0.15, 0.2) is 64.2 Å². The highest BCUT2D eigenvalue weighted by molar-refractivity contribution is 5.68. The van der Waals surface area contributed by atoms with Crippen molar-refractivity contribution in [1.29, 1.82) is 0 Å². The molecule has 0 aliphatic heterocycles. The number of nitrogens with one attached hydrogen (secondary N) is 1. The highest BCUT2D eigenvalue weighted by Gasteiger charge is 2.32. The summed E-state index contributed by atoms with van der Waals surface area (Å²) in [6, 6.07) is 13.5. The molecule has 1 aliphatic rings. The van der Waals surface area contributed by atoms with Crippen molar-refractivity contribution in [3.8, 4) is 34.0 Å². The Kier molecular flexibility index (Phi) is 5.64. The van der Waals surface area contributed by atoms with E-state index in [1.54, 1.807) is 22.9 Å². The maximum Gasteiger partial charge on any atom is 0.250 e. The second-order valence-electron chi connectivity index (χ2n) is 8.87. The molecule has 1 fully saturated rings. The highest BCUT2D eigenvalue weighted by Crippen LogP contribution is 2.38. The first-order chi connectivity index (χ1) is 16.0. The zero-order chi connectivity index (χ0) is 22.9. The first kappa shape index (κ1) is 21.3. The number of aryl methyl sites for hydroxylation is 1. The van der Waals surface area contributed by atoms with E-state index in [1.165, 1.54) is 12.0 Å². The Morgan fingerprint density at radius 2 is 1.91 bits per heavy atom. The van der Waals surface area contributed by atoms with Gasteiger partial charge in [-0.3, -0.25) is 9.78 Å². The van der Waals surface area contributed by atoms with Gasteiger partial charge in [0.15, 0.2) is 5.76 Å². The normalized spacial score (nSPS) is 17.3. The molecule has 0 spiro atoms. The van der Waals surface area contributed by atoms with Gasteiger partial charge < -0.3 is 14.4 Å². The van der Waals surface area contributed by atoms with E-state index < -0.39 is 0 Å². The molecule has 1 saturated carbocycles. The van der Waals surface area contributed by atoms with Crippen LogP contribution < -0.4 is 10.9 Å². The van der Waals surface area contributed by atoms with Crippen LogP contribution in [0.1, 0.15) is 26.0 Å². The quantitative estimate of drug-likeness (QED) is 0.451. The minimum absolute atomic E-state index is 0. The van der Waals surface area contributed by atoms with Crippen molar-refractivity contribution in [3.63, 3.8) is 0 Å². The summed E-state index contributed by atoms with van der Waals surface area (Å²) in [5.41, 5.74) is 5.90. The van der Waals surface area contributed by atoms with Crippen molar-refractivity contribution in [2.45, 2.75) is 33.4 Å². The molecule has 0 amide bonds. The van der Waals surface area contributed by atoms with E-state index in [9.17, 15) is 4.79 Å². The molecule has 1 N–H and O–H groups in total. The van der Waals surface area contributed by atoms with Gasteiger partial charge in [-0.1, -0.05) is 36.3 Å². The van der Waals surface area contributed by atoms with Crippen LogP contribution in [0, 0.1) is 18.8 Å². The number of pyridine rings is 1. The number of benzene rings is 1. The van der Waals surface area contributed by atoms with Gasteiger partial charge in [-0.05, 0) is 43.9 Å². The van der Waals surface area contributed by atoms with Gasteiger partial charge in [-0.15, -0.1) is 0 Å². The van der Waals surface area contributed by atoms with Crippen LogP contribution in [0.5, 0.6) is 0 Å². The zero-order valence-electron chi connectivity index (χ0n) is 19.1. The van der Waals surface area contributed by atoms with Crippen molar-refractivity contribution >= 4 is 0 Å². The van der Waals surface area contributed by atoms with Crippen LogP contribution in [0.3, 0.4) is 0 Å². The van der Waals surface area contributed by atoms with Gasteiger partial charge in [-0.2, -0.15) is 0 Å². The molecule has 1 aliphatic carbocycles. The third-order valence-electron chi connectivity index (χ3n) is 6.32. The molecule has 0 saturated heterocycles. The first-order valence-electron chi connectivity index (χ1n) is 11.3. The summed E-state index contributed by atoms with van der Waals surface area (Å²) in [5.74, 6) is 1.83. The molecule has 3 heterocycles. The number of aromatic nitrogens is 4. The standard InChI is InChI=1S/C26H27N5O2.H2/c1-16-10-21(16)15-31-14-20(8-9-25(31)32)23-13-28-17(2)26(29-23)24-11-22(30-33-24)19-6-4-18(5-7-19)12-27-3;/h4-9,11,13-14,16,21,27H,10,12,15H2,1-3H3;1H. The lowest BCUT2D eigenvalue weighted by Crippen LogP contribution is -2.19. The third-order valence-corrected chi connectivity index (χ3v) is 6.32.